The molecule has 1 fully saturated rings. The van der Waals surface area contributed by atoms with E-state index in [4.69, 9.17) is 9.47 Å². The van der Waals surface area contributed by atoms with Crippen LogP contribution in [0, 0.1) is 5.92 Å². The van der Waals surface area contributed by atoms with Gasteiger partial charge in [-0.25, -0.2) is 9.59 Å². The van der Waals surface area contributed by atoms with Crippen LogP contribution in [0.4, 0.5) is 4.79 Å². The van der Waals surface area contributed by atoms with Crippen molar-refractivity contribution < 1.29 is 19.1 Å². The number of carbonyl (C=O) groups is 2. The summed E-state index contributed by atoms with van der Waals surface area (Å²) in [5, 5.41) is 0. The Morgan fingerprint density at radius 2 is 1.54 bits per heavy atom. The Balaban J connectivity index is 1.65. The van der Waals surface area contributed by atoms with E-state index in [2.05, 4.69) is 38.1 Å². The van der Waals surface area contributed by atoms with E-state index >= 15 is 0 Å². The highest BCUT2D eigenvalue weighted by Gasteiger charge is 2.51. The van der Waals surface area contributed by atoms with Gasteiger partial charge >= 0.3 is 12.1 Å². The van der Waals surface area contributed by atoms with E-state index < -0.39 is 17.2 Å². The van der Waals surface area contributed by atoms with Crippen LogP contribution in [0.2, 0.25) is 0 Å². The highest BCUT2D eigenvalue weighted by atomic mass is 16.6. The third-order valence-electron chi connectivity index (χ3n) is 7.85. The molecular weight excluding hydrogens is 462 g/mol. The third-order valence-corrected chi connectivity index (χ3v) is 7.85. The van der Waals surface area contributed by atoms with Gasteiger partial charge in [0, 0.05) is 18.9 Å². The Morgan fingerprint density at radius 1 is 0.919 bits per heavy atom. The quantitative estimate of drug-likeness (QED) is 0.319. The molecule has 5 heteroatoms. The van der Waals surface area contributed by atoms with Crippen LogP contribution in [0.5, 0.6) is 0 Å². The molecule has 2 aromatic carbocycles. The largest absolute Gasteiger partial charge is 0.460 e. The van der Waals surface area contributed by atoms with Gasteiger partial charge in [0.1, 0.15) is 11.7 Å². The maximum atomic E-state index is 14.2. The van der Waals surface area contributed by atoms with Crippen molar-refractivity contribution in [1.29, 1.82) is 0 Å². The van der Waals surface area contributed by atoms with Crippen LogP contribution in [0.3, 0.4) is 0 Å². The second-order valence-electron chi connectivity index (χ2n) is 12.0. The van der Waals surface area contributed by atoms with Crippen molar-refractivity contribution in [2.24, 2.45) is 5.92 Å². The number of carbonyl (C=O) groups excluding carboxylic acids is 2. The molecule has 0 unspecified atom stereocenters. The molecule has 0 spiro atoms. The lowest BCUT2D eigenvalue weighted by Crippen LogP contribution is -2.57. The summed E-state index contributed by atoms with van der Waals surface area (Å²) in [7, 11) is 0. The maximum absolute atomic E-state index is 14.2. The first kappa shape index (κ1) is 27.0. The summed E-state index contributed by atoms with van der Waals surface area (Å²) >= 11 is 0. The molecule has 1 heterocycles. The van der Waals surface area contributed by atoms with Gasteiger partial charge < -0.3 is 9.47 Å². The Kier molecular flexibility index (Phi) is 7.82. The van der Waals surface area contributed by atoms with Crippen molar-refractivity contribution >= 4 is 12.1 Å². The summed E-state index contributed by atoms with van der Waals surface area (Å²) in [6.07, 6.45) is 7.29. The van der Waals surface area contributed by atoms with Gasteiger partial charge in [-0.15, -0.1) is 0 Å². The van der Waals surface area contributed by atoms with E-state index in [0.29, 0.717) is 13.0 Å². The molecule has 0 radical (unpaired) electrons. The number of esters is 1. The van der Waals surface area contributed by atoms with E-state index in [1.54, 1.807) is 0 Å². The van der Waals surface area contributed by atoms with Crippen LogP contribution in [0.1, 0.15) is 71.4 Å². The number of hydrogen-bond acceptors (Lipinski definition) is 4. The van der Waals surface area contributed by atoms with Gasteiger partial charge in [-0.1, -0.05) is 87.0 Å². The molecule has 1 saturated carbocycles. The molecule has 4 rings (SSSR count). The topological polar surface area (TPSA) is 55.8 Å². The van der Waals surface area contributed by atoms with Gasteiger partial charge in [-0.05, 0) is 62.7 Å². The van der Waals surface area contributed by atoms with Crippen molar-refractivity contribution in [3.05, 3.63) is 83.9 Å². The van der Waals surface area contributed by atoms with Crippen molar-refractivity contribution in [2.75, 3.05) is 6.54 Å². The van der Waals surface area contributed by atoms with E-state index in [0.717, 1.165) is 31.2 Å². The molecule has 0 saturated heterocycles. The molecule has 0 bridgehead atoms. The van der Waals surface area contributed by atoms with Crippen LogP contribution in [-0.4, -0.2) is 40.8 Å². The first-order chi connectivity index (χ1) is 17.5. The van der Waals surface area contributed by atoms with Crippen LogP contribution in [0.25, 0.3) is 0 Å². The summed E-state index contributed by atoms with van der Waals surface area (Å²) in [5.41, 5.74) is 0.136. The Bertz CT molecular complexity index is 1100. The fraction of sp³-hybridized carbons (Fsp3) is 0.500. The molecule has 198 valence electrons. The highest BCUT2D eigenvalue weighted by molar-refractivity contribution is 5.90. The number of hydrogen-bond donors (Lipinski definition) is 0. The van der Waals surface area contributed by atoms with E-state index in [1.807, 2.05) is 69.3 Å². The molecule has 5 nitrogen and oxygen atoms in total. The molecule has 2 aliphatic rings. The molecule has 0 aromatic heterocycles. The minimum atomic E-state index is -1.25. The van der Waals surface area contributed by atoms with E-state index in [-0.39, 0.29) is 23.4 Å². The minimum absolute atomic E-state index is 0.157. The SMILES string of the molecule is CC(C)(C)OC(=O)N1CC=C[C@@]1(Cc1ccccc1)C(=O)O[C@H]1CCCC[C@@H]1C(C)(C)c1ccccc1. The first-order valence-electron chi connectivity index (χ1n) is 13.5. The van der Waals surface area contributed by atoms with Crippen molar-refractivity contribution in [3.63, 3.8) is 0 Å². The molecule has 2 aromatic rings. The first-order valence-corrected chi connectivity index (χ1v) is 13.5. The molecule has 37 heavy (non-hydrogen) atoms. The summed E-state index contributed by atoms with van der Waals surface area (Å²) in [6, 6.07) is 20.3. The lowest BCUT2D eigenvalue weighted by Gasteiger charge is -2.44. The van der Waals surface area contributed by atoms with Crippen molar-refractivity contribution in [3.8, 4) is 0 Å². The predicted molar refractivity (Wildman–Crippen MR) is 146 cm³/mol. The zero-order valence-corrected chi connectivity index (χ0v) is 22.9. The third kappa shape index (κ3) is 5.92. The maximum Gasteiger partial charge on any atom is 0.411 e. The van der Waals surface area contributed by atoms with E-state index in [1.165, 1.54) is 10.5 Å². The fourth-order valence-corrected chi connectivity index (χ4v) is 5.86. The number of ether oxygens (including phenoxy) is 2. The molecule has 1 aliphatic carbocycles. The van der Waals surface area contributed by atoms with Gasteiger partial charge in [0.25, 0.3) is 0 Å². The Morgan fingerprint density at radius 3 is 2.19 bits per heavy atom. The molecule has 1 amide bonds. The Labute approximate surface area is 221 Å². The molecular formula is C32H41NO4. The average molecular weight is 504 g/mol. The fourth-order valence-electron chi connectivity index (χ4n) is 5.86. The second kappa shape index (κ2) is 10.7. The minimum Gasteiger partial charge on any atom is -0.460 e. The molecule has 0 N–H and O–H groups in total. The Hall–Kier alpha value is -3.08. The van der Waals surface area contributed by atoms with Gasteiger partial charge in [0.2, 0.25) is 0 Å². The second-order valence-corrected chi connectivity index (χ2v) is 12.0. The zero-order chi connectivity index (χ0) is 26.7. The molecule has 1 aliphatic heterocycles. The van der Waals surface area contributed by atoms with Crippen molar-refractivity contribution in [2.45, 2.75) is 89.4 Å². The monoisotopic (exact) mass is 503 g/mol. The van der Waals surface area contributed by atoms with Gasteiger partial charge in [0.05, 0.1) is 0 Å². The average Bonchev–Trinajstić information content (AvgIpc) is 3.29. The number of benzene rings is 2. The standard InChI is InChI=1S/C32H41NO4/c1-30(2,3)37-29(35)33-22-14-21-32(33,23-24-15-8-6-9-16-24)28(34)36-27-20-13-12-19-26(27)31(4,5)25-17-10-7-11-18-25/h6-11,14-18,21,26-27H,12-13,19-20,22-23H2,1-5H3/t26-,27-,32+/m0/s1. The summed E-state index contributed by atoms with van der Waals surface area (Å²) in [5.74, 6) is -0.196. The zero-order valence-electron chi connectivity index (χ0n) is 22.9. The van der Waals surface area contributed by atoms with Gasteiger partial charge in [-0.3, -0.25) is 4.90 Å². The molecule has 3 atom stereocenters. The number of amides is 1. The number of nitrogens with zero attached hydrogens (tertiary/aromatic N) is 1. The van der Waals surface area contributed by atoms with Gasteiger partial charge in [-0.2, -0.15) is 0 Å². The van der Waals surface area contributed by atoms with Crippen LogP contribution in [-0.2, 0) is 26.1 Å². The van der Waals surface area contributed by atoms with Gasteiger partial charge in [0.15, 0.2) is 5.54 Å². The number of rotatable bonds is 6. The summed E-state index contributed by atoms with van der Waals surface area (Å²) < 4.78 is 12.2. The van der Waals surface area contributed by atoms with Crippen molar-refractivity contribution in [1.82, 2.24) is 4.90 Å². The van der Waals surface area contributed by atoms with Crippen LogP contribution < -0.4 is 0 Å². The highest BCUT2D eigenvalue weighted by Crippen LogP contribution is 2.43. The summed E-state index contributed by atoms with van der Waals surface area (Å²) in [6.45, 7) is 10.3. The van der Waals surface area contributed by atoms with Crippen LogP contribution in [0.15, 0.2) is 72.8 Å². The lowest BCUT2D eigenvalue weighted by atomic mass is 9.66. The lowest BCUT2D eigenvalue weighted by molar-refractivity contribution is -0.165. The normalized spacial score (nSPS) is 24.1. The smallest absolute Gasteiger partial charge is 0.411 e. The van der Waals surface area contributed by atoms with E-state index in [9.17, 15) is 9.59 Å². The summed E-state index contributed by atoms with van der Waals surface area (Å²) in [4.78, 5) is 29.1. The predicted octanol–water partition coefficient (Wildman–Crippen LogP) is 6.85. The van der Waals surface area contributed by atoms with Crippen LogP contribution >= 0.6 is 0 Å².